The van der Waals surface area contributed by atoms with E-state index in [1.807, 2.05) is 44.3 Å². The number of aromatic nitrogens is 5. The lowest BCUT2D eigenvalue weighted by Gasteiger charge is -2.08. The van der Waals surface area contributed by atoms with Gasteiger partial charge in [-0.3, -0.25) is 9.48 Å². The summed E-state index contributed by atoms with van der Waals surface area (Å²) in [5.74, 6) is 0.982. The van der Waals surface area contributed by atoms with Crippen LogP contribution < -0.4 is 11.1 Å². The van der Waals surface area contributed by atoms with Crippen molar-refractivity contribution >= 4 is 28.1 Å². The molecule has 0 aliphatic rings. The highest BCUT2D eigenvalue weighted by Gasteiger charge is 2.15. The third kappa shape index (κ3) is 3.64. The van der Waals surface area contributed by atoms with Gasteiger partial charge in [0, 0.05) is 43.0 Å². The van der Waals surface area contributed by atoms with Gasteiger partial charge in [-0.2, -0.15) is 10.1 Å². The molecule has 9 nitrogen and oxygen atoms in total. The van der Waals surface area contributed by atoms with Gasteiger partial charge in [-0.05, 0) is 30.0 Å². The molecule has 3 N–H and O–H groups in total. The molecule has 152 valence electrons. The summed E-state index contributed by atoms with van der Waals surface area (Å²) < 4.78 is 6.81. The summed E-state index contributed by atoms with van der Waals surface area (Å²) in [6, 6.07) is 9.54. The number of hydrogen-bond acceptors (Lipinski definition) is 7. The van der Waals surface area contributed by atoms with Crippen LogP contribution in [0.5, 0.6) is 0 Å². The molecule has 4 rings (SSSR count). The normalized spacial score (nSPS) is 11.8. The fourth-order valence-corrected chi connectivity index (χ4v) is 3.22. The minimum absolute atomic E-state index is 0.272. The molecule has 30 heavy (non-hydrogen) atoms. The van der Waals surface area contributed by atoms with E-state index in [2.05, 4.69) is 25.5 Å². The van der Waals surface area contributed by atoms with Crippen LogP contribution in [0.15, 0.2) is 47.3 Å². The average Bonchev–Trinajstić information content (AvgIpc) is 3.33. The minimum Gasteiger partial charge on any atom is -0.365 e. The zero-order chi connectivity index (χ0) is 21.3. The number of pyridine rings is 1. The molecule has 0 radical (unpaired) electrons. The highest BCUT2D eigenvalue weighted by Crippen LogP contribution is 2.27. The number of nitrogens with zero attached hydrogens (tertiary/aromatic N) is 5. The molecule has 9 heteroatoms. The highest BCUT2D eigenvalue weighted by molar-refractivity contribution is 6.18. The Hall–Kier alpha value is -4.01. The molecular formula is C21H21N7O2. The van der Waals surface area contributed by atoms with Gasteiger partial charge in [-0.1, -0.05) is 24.2 Å². The van der Waals surface area contributed by atoms with E-state index in [4.69, 9.17) is 10.3 Å². The van der Waals surface area contributed by atoms with Crippen molar-refractivity contribution in [1.82, 2.24) is 24.9 Å². The van der Waals surface area contributed by atoms with Gasteiger partial charge in [0.25, 0.3) is 5.91 Å². The maximum Gasteiger partial charge on any atom is 0.252 e. The topological polar surface area (TPSA) is 125 Å². The summed E-state index contributed by atoms with van der Waals surface area (Å²) in [5, 5.41) is 13.3. The number of rotatable bonds is 6. The molecule has 0 aliphatic heterocycles. The third-order valence-corrected chi connectivity index (χ3v) is 4.79. The lowest BCUT2D eigenvalue weighted by Crippen LogP contribution is -2.15. The van der Waals surface area contributed by atoms with Crippen LogP contribution in [-0.4, -0.2) is 30.8 Å². The van der Waals surface area contributed by atoms with E-state index >= 15 is 0 Å². The van der Waals surface area contributed by atoms with Crippen LogP contribution in [0.4, 0.5) is 5.82 Å². The van der Waals surface area contributed by atoms with E-state index in [-0.39, 0.29) is 5.57 Å². The number of nitrogens with two attached hydrogens (primary N) is 1. The first kappa shape index (κ1) is 19.3. The Morgan fingerprint density at radius 3 is 2.80 bits per heavy atom. The number of aryl methyl sites for hydroxylation is 3. The van der Waals surface area contributed by atoms with E-state index in [0.717, 1.165) is 28.5 Å². The van der Waals surface area contributed by atoms with Crippen molar-refractivity contribution in [3.8, 4) is 11.4 Å². The molecular weight excluding hydrogens is 382 g/mol. The largest absolute Gasteiger partial charge is 0.365 e. The first-order valence-electron chi connectivity index (χ1n) is 9.45. The highest BCUT2D eigenvalue weighted by atomic mass is 16.5. The first-order chi connectivity index (χ1) is 14.5. The fourth-order valence-electron chi connectivity index (χ4n) is 3.22. The Balaban J connectivity index is 1.73. The van der Waals surface area contributed by atoms with E-state index in [1.165, 1.54) is 6.20 Å². The molecule has 0 unspecified atom stereocenters. The molecule has 3 heterocycles. The summed E-state index contributed by atoms with van der Waals surface area (Å²) in [7, 11) is 1.84. The molecule has 0 saturated heterocycles. The van der Waals surface area contributed by atoms with Crippen molar-refractivity contribution < 1.29 is 9.32 Å². The number of primary amides is 1. The molecule has 0 aliphatic carbocycles. The molecule has 3 aromatic heterocycles. The Labute approximate surface area is 172 Å². The van der Waals surface area contributed by atoms with Crippen molar-refractivity contribution in [3.63, 3.8) is 0 Å². The molecule has 0 atom stereocenters. The van der Waals surface area contributed by atoms with Gasteiger partial charge < -0.3 is 15.6 Å². The lowest BCUT2D eigenvalue weighted by atomic mass is 10.1. The number of carbonyl (C=O) groups excluding carboxylic acids is 1. The maximum absolute atomic E-state index is 12.1. The van der Waals surface area contributed by atoms with E-state index in [9.17, 15) is 4.79 Å². The van der Waals surface area contributed by atoms with Crippen molar-refractivity contribution in [2.45, 2.75) is 20.3 Å². The van der Waals surface area contributed by atoms with E-state index in [0.29, 0.717) is 23.2 Å². The fraction of sp³-hybridized carbons (Fsp3) is 0.190. The van der Waals surface area contributed by atoms with Crippen molar-refractivity contribution in [2.24, 2.45) is 12.8 Å². The lowest BCUT2D eigenvalue weighted by molar-refractivity contribution is -0.112. The van der Waals surface area contributed by atoms with Crippen molar-refractivity contribution in [2.75, 3.05) is 5.32 Å². The number of nitrogens with one attached hydrogen (secondary N) is 1. The van der Waals surface area contributed by atoms with Crippen molar-refractivity contribution in [1.29, 1.82) is 0 Å². The van der Waals surface area contributed by atoms with Gasteiger partial charge in [0.05, 0.1) is 11.3 Å². The Kier molecular flexibility index (Phi) is 5.01. The molecule has 1 amide bonds. The van der Waals surface area contributed by atoms with Crippen LogP contribution >= 0.6 is 0 Å². The second-order valence-corrected chi connectivity index (χ2v) is 6.80. The molecule has 0 spiro atoms. The predicted molar refractivity (Wildman–Crippen MR) is 113 cm³/mol. The van der Waals surface area contributed by atoms with Crippen LogP contribution in [0.2, 0.25) is 0 Å². The standard InChI is InChI=1S/C21H21N7O2/c1-4-15-10-18(26-28(15)3)17(19(22)29)11-24-21-16-9-14(20-25-12(2)30-27-20)6-5-13(16)7-8-23-21/h5-11H,4H2,1-3H3,(H2,22,29)(H,23,24). The number of amides is 1. The SMILES string of the molecule is CCc1cc(C(=CNc2nccc3ccc(-c4noc(C)n4)cc23)C(N)=O)nn1C. The second kappa shape index (κ2) is 7.78. The Morgan fingerprint density at radius 1 is 1.30 bits per heavy atom. The summed E-state index contributed by atoms with van der Waals surface area (Å²) in [4.78, 5) is 20.7. The van der Waals surface area contributed by atoms with E-state index < -0.39 is 5.91 Å². The van der Waals surface area contributed by atoms with Gasteiger partial charge in [0.2, 0.25) is 11.7 Å². The van der Waals surface area contributed by atoms with Crippen LogP contribution in [0, 0.1) is 6.92 Å². The summed E-state index contributed by atoms with van der Waals surface area (Å²) in [6.45, 7) is 3.76. The van der Waals surface area contributed by atoms with Crippen LogP contribution in [-0.2, 0) is 18.3 Å². The molecule has 0 fully saturated rings. The Morgan fingerprint density at radius 2 is 2.13 bits per heavy atom. The molecule has 0 bridgehead atoms. The monoisotopic (exact) mass is 403 g/mol. The Bertz CT molecular complexity index is 1270. The number of carbonyl (C=O) groups is 1. The number of fused-ring (bicyclic) bond motifs is 1. The number of hydrogen-bond donors (Lipinski definition) is 2. The van der Waals surface area contributed by atoms with Gasteiger partial charge >= 0.3 is 0 Å². The van der Waals surface area contributed by atoms with Crippen molar-refractivity contribution in [3.05, 3.63) is 60.0 Å². The minimum atomic E-state index is -0.577. The van der Waals surface area contributed by atoms with Gasteiger partial charge in [0.15, 0.2) is 0 Å². The van der Waals surface area contributed by atoms with Gasteiger partial charge in [-0.15, -0.1) is 0 Å². The van der Waals surface area contributed by atoms with Crippen LogP contribution in [0.25, 0.3) is 27.7 Å². The molecule has 1 aromatic carbocycles. The number of anilines is 1. The van der Waals surface area contributed by atoms with Gasteiger partial charge in [0.1, 0.15) is 5.82 Å². The molecule has 4 aromatic rings. The number of benzene rings is 1. The average molecular weight is 403 g/mol. The zero-order valence-corrected chi connectivity index (χ0v) is 16.9. The molecule has 0 saturated carbocycles. The second-order valence-electron chi connectivity index (χ2n) is 6.80. The zero-order valence-electron chi connectivity index (χ0n) is 16.9. The van der Waals surface area contributed by atoms with Crippen LogP contribution in [0.1, 0.15) is 24.2 Å². The summed E-state index contributed by atoms with van der Waals surface area (Å²) >= 11 is 0. The summed E-state index contributed by atoms with van der Waals surface area (Å²) in [6.07, 6.45) is 4.03. The third-order valence-electron chi connectivity index (χ3n) is 4.79. The van der Waals surface area contributed by atoms with Gasteiger partial charge in [-0.25, -0.2) is 4.98 Å². The van der Waals surface area contributed by atoms with E-state index in [1.54, 1.807) is 17.8 Å². The maximum atomic E-state index is 12.1. The first-order valence-corrected chi connectivity index (χ1v) is 9.45. The quantitative estimate of drug-likeness (QED) is 0.474. The summed E-state index contributed by atoms with van der Waals surface area (Å²) in [5.41, 5.74) is 8.19. The van der Waals surface area contributed by atoms with Crippen LogP contribution in [0.3, 0.4) is 0 Å². The predicted octanol–water partition coefficient (Wildman–Crippen LogP) is 2.83. The smallest absolute Gasteiger partial charge is 0.252 e.